The number of aromatic carboxylic acids is 1. The predicted octanol–water partition coefficient (Wildman–Crippen LogP) is 6.63. The number of esters is 1. The molecule has 3 aromatic rings. The van der Waals surface area contributed by atoms with Crippen LogP contribution in [0.5, 0.6) is 11.5 Å². The van der Waals surface area contributed by atoms with E-state index in [-0.39, 0.29) is 35.4 Å². The quantitative estimate of drug-likeness (QED) is 0.113. The summed E-state index contributed by atoms with van der Waals surface area (Å²) in [4.78, 5) is 29.6. The molecule has 7 nitrogen and oxygen atoms in total. The number of carbonyl (C=O) groups is 2. The molecule has 0 radical (unpaired) electrons. The highest BCUT2D eigenvalue weighted by Gasteiger charge is 2.19. The zero-order valence-electron chi connectivity index (χ0n) is 22.8. The number of carbonyl (C=O) groups excluding carboxylic acids is 1. The van der Waals surface area contributed by atoms with Gasteiger partial charge in [0.15, 0.2) is 6.61 Å². The van der Waals surface area contributed by atoms with Crippen molar-refractivity contribution in [1.29, 1.82) is 0 Å². The first-order chi connectivity index (χ1) is 17.8. The summed E-state index contributed by atoms with van der Waals surface area (Å²) < 4.78 is 11.1. The molecule has 0 aliphatic rings. The number of hydrogen-bond donors (Lipinski definition) is 1. The van der Waals surface area contributed by atoms with E-state index in [2.05, 4.69) is 58.8 Å². The minimum atomic E-state index is -1.21. The molecule has 0 aromatic heterocycles. The van der Waals surface area contributed by atoms with Crippen molar-refractivity contribution in [1.82, 2.24) is 0 Å². The molecular weight excluding hydrogens is 482 g/mol. The van der Waals surface area contributed by atoms with Crippen molar-refractivity contribution in [3.05, 3.63) is 94.5 Å². The van der Waals surface area contributed by atoms with Crippen LogP contribution in [0.3, 0.4) is 0 Å². The van der Waals surface area contributed by atoms with Crippen LogP contribution in [0.15, 0.2) is 71.9 Å². The minimum absolute atomic E-state index is 0.0582. The SMILES string of the molecule is CC(C)(C)c1ccc(C=NOCCOc2ccc(C(=O)O)c(OC(=O)c3ccc(C(C)(C)C)cc3)c2)cc1. The highest BCUT2D eigenvalue weighted by atomic mass is 16.6. The zero-order valence-corrected chi connectivity index (χ0v) is 22.8. The highest BCUT2D eigenvalue weighted by molar-refractivity contribution is 5.95. The first-order valence-electron chi connectivity index (χ1n) is 12.4. The molecule has 0 saturated heterocycles. The van der Waals surface area contributed by atoms with E-state index in [1.807, 2.05) is 24.3 Å². The van der Waals surface area contributed by atoms with Crippen LogP contribution in [0, 0.1) is 0 Å². The van der Waals surface area contributed by atoms with Crippen molar-refractivity contribution < 1.29 is 29.0 Å². The van der Waals surface area contributed by atoms with Gasteiger partial charge < -0.3 is 19.4 Å². The molecule has 3 rings (SSSR count). The minimum Gasteiger partial charge on any atom is -0.490 e. The van der Waals surface area contributed by atoms with E-state index in [0.29, 0.717) is 11.3 Å². The monoisotopic (exact) mass is 517 g/mol. The van der Waals surface area contributed by atoms with Crippen LogP contribution in [-0.2, 0) is 15.7 Å². The average Bonchev–Trinajstić information content (AvgIpc) is 2.85. The fourth-order valence-corrected chi connectivity index (χ4v) is 3.54. The van der Waals surface area contributed by atoms with Crippen LogP contribution >= 0.6 is 0 Å². The lowest BCUT2D eigenvalue weighted by Gasteiger charge is -2.19. The van der Waals surface area contributed by atoms with Gasteiger partial charge in [0.05, 0.1) is 11.8 Å². The maximum Gasteiger partial charge on any atom is 0.343 e. The third kappa shape index (κ3) is 7.93. The van der Waals surface area contributed by atoms with Crippen LogP contribution in [0.25, 0.3) is 0 Å². The van der Waals surface area contributed by atoms with Crippen LogP contribution in [0.1, 0.15) is 78.9 Å². The molecule has 0 fully saturated rings. The number of benzene rings is 3. The Morgan fingerprint density at radius 3 is 1.95 bits per heavy atom. The van der Waals surface area contributed by atoms with E-state index in [9.17, 15) is 14.7 Å². The Labute approximate surface area is 224 Å². The molecule has 0 spiro atoms. The molecular formula is C31H35NO6. The molecule has 0 aliphatic carbocycles. The van der Waals surface area contributed by atoms with Gasteiger partial charge in [0.25, 0.3) is 0 Å². The van der Waals surface area contributed by atoms with Gasteiger partial charge in [-0.15, -0.1) is 0 Å². The number of rotatable bonds is 9. The second-order valence-electron chi connectivity index (χ2n) is 11.0. The predicted molar refractivity (Wildman–Crippen MR) is 148 cm³/mol. The Hall–Kier alpha value is -4.13. The van der Waals surface area contributed by atoms with Gasteiger partial charge in [-0.05, 0) is 51.8 Å². The molecule has 0 aliphatic heterocycles. The second-order valence-corrected chi connectivity index (χ2v) is 11.0. The lowest BCUT2D eigenvalue weighted by atomic mass is 9.87. The second kappa shape index (κ2) is 11.9. The maximum absolute atomic E-state index is 12.7. The topological polar surface area (TPSA) is 94.4 Å². The van der Waals surface area contributed by atoms with Crippen molar-refractivity contribution in [2.75, 3.05) is 13.2 Å². The molecule has 0 unspecified atom stereocenters. The molecule has 200 valence electrons. The fourth-order valence-electron chi connectivity index (χ4n) is 3.54. The number of carboxylic acid groups (broad SMARTS) is 1. The first kappa shape index (κ1) is 28.4. The number of ether oxygens (including phenoxy) is 2. The van der Waals surface area contributed by atoms with Crippen LogP contribution in [0.2, 0.25) is 0 Å². The molecule has 0 atom stereocenters. The molecule has 0 heterocycles. The van der Waals surface area contributed by atoms with Crippen molar-refractivity contribution >= 4 is 18.2 Å². The number of oxime groups is 1. The largest absolute Gasteiger partial charge is 0.490 e. The Bertz CT molecular complexity index is 1280. The third-order valence-corrected chi connectivity index (χ3v) is 5.87. The third-order valence-electron chi connectivity index (χ3n) is 5.87. The smallest absolute Gasteiger partial charge is 0.343 e. The van der Waals surface area contributed by atoms with Gasteiger partial charge in [-0.2, -0.15) is 0 Å². The Morgan fingerprint density at radius 2 is 1.39 bits per heavy atom. The Kier molecular flexibility index (Phi) is 8.94. The highest BCUT2D eigenvalue weighted by Crippen LogP contribution is 2.27. The summed E-state index contributed by atoms with van der Waals surface area (Å²) in [6, 6.07) is 19.4. The van der Waals surface area contributed by atoms with Gasteiger partial charge in [-0.1, -0.05) is 83.1 Å². The van der Waals surface area contributed by atoms with Crippen molar-refractivity contribution in [2.24, 2.45) is 5.16 Å². The van der Waals surface area contributed by atoms with Gasteiger partial charge in [-0.3, -0.25) is 0 Å². The summed E-state index contributed by atoms with van der Waals surface area (Å²) in [6.07, 6.45) is 1.62. The molecule has 3 aromatic carbocycles. The maximum atomic E-state index is 12.7. The summed E-state index contributed by atoms with van der Waals surface area (Å²) in [7, 11) is 0. The van der Waals surface area contributed by atoms with Gasteiger partial charge in [0, 0.05) is 6.07 Å². The van der Waals surface area contributed by atoms with Crippen molar-refractivity contribution in [3.63, 3.8) is 0 Å². The van der Waals surface area contributed by atoms with E-state index in [1.165, 1.54) is 23.8 Å². The van der Waals surface area contributed by atoms with Crippen LogP contribution in [-0.4, -0.2) is 36.5 Å². The summed E-state index contributed by atoms with van der Waals surface area (Å²) >= 11 is 0. The lowest BCUT2D eigenvalue weighted by molar-refractivity contribution is 0.0680. The lowest BCUT2D eigenvalue weighted by Crippen LogP contribution is -2.14. The number of carboxylic acids is 1. The Morgan fingerprint density at radius 1 is 0.816 bits per heavy atom. The summed E-state index contributed by atoms with van der Waals surface area (Å²) in [5.74, 6) is -1.63. The van der Waals surface area contributed by atoms with Gasteiger partial charge >= 0.3 is 11.9 Å². The van der Waals surface area contributed by atoms with Gasteiger partial charge in [0.1, 0.15) is 23.7 Å². The molecule has 0 bridgehead atoms. The summed E-state index contributed by atoms with van der Waals surface area (Å²) in [6.45, 7) is 13.0. The van der Waals surface area contributed by atoms with E-state index in [0.717, 1.165) is 11.1 Å². The van der Waals surface area contributed by atoms with E-state index in [4.69, 9.17) is 14.3 Å². The standard InChI is InChI=1S/C31H35NO6/c1-30(2,3)23-11-7-21(8-12-23)20-32-37-18-17-36-25-15-16-26(28(33)34)27(19-25)38-29(35)22-9-13-24(14-10-22)31(4,5)6/h7-16,19-20H,17-18H2,1-6H3,(H,33,34). The summed E-state index contributed by atoms with van der Waals surface area (Å²) in [5.41, 5.74) is 3.43. The van der Waals surface area contributed by atoms with E-state index >= 15 is 0 Å². The van der Waals surface area contributed by atoms with Crippen LogP contribution in [0.4, 0.5) is 0 Å². The molecule has 7 heteroatoms. The summed E-state index contributed by atoms with van der Waals surface area (Å²) in [5, 5.41) is 13.5. The normalized spacial score (nSPS) is 11.8. The van der Waals surface area contributed by atoms with E-state index in [1.54, 1.807) is 18.3 Å². The molecule has 0 saturated carbocycles. The van der Waals surface area contributed by atoms with E-state index < -0.39 is 11.9 Å². The van der Waals surface area contributed by atoms with Crippen molar-refractivity contribution in [3.8, 4) is 11.5 Å². The Balaban J connectivity index is 1.57. The molecule has 1 N–H and O–H groups in total. The zero-order chi connectivity index (χ0) is 27.9. The first-order valence-corrected chi connectivity index (χ1v) is 12.4. The van der Waals surface area contributed by atoms with Gasteiger partial charge in [-0.25, -0.2) is 9.59 Å². The number of hydrogen-bond acceptors (Lipinski definition) is 6. The van der Waals surface area contributed by atoms with Crippen LogP contribution < -0.4 is 9.47 Å². The van der Waals surface area contributed by atoms with Crippen molar-refractivity contribution in [2.45, 2.75) is 52.4 Å². The van der Waals surface area contributed by atoms with Gasteiger partial charge in [0.2, 0.25) is 0 Å². The number of nitrogens with zero attached hydrogens (tertiary/aromatic N) is 1. The fraction of sp³-hybridized carbons (Fsp3) is 0.323. The molecule has 38 heavy (non-hydrogen) atoms. The molecule has 0 amide bonds. The average molecular weight is 518 g/mol.